The van der Waals surface area contributed by atoms with Gasteiger partial charge in [0.05, 0.1) is 27.9 Å². The van der Waals surface area contributed by atoms with Gasteiger partial charge in [0.1, 0.15) is 29.9 Å². The molecule has 7 rings (SSSR count). The van der Waals surface area contributed by atoms with Crippen LogP contribution in [0.15, 0.2) is 36.9 Å². The molecule has 9 nitrogen and oxygen atoms in total. The molecule has 1 amide bonds. The van der Waals surface area contributed by atoms with Gasteiger partial charge in [-0.25, -0.2) is 18.0 Å². The summed E-state index contributed by atoms with van der Waals surface area (Å²) in [5, 5.41) is 0.820. The Balaban J connectivity index is 1.35. The number of hydrogen-bond acceptors (Lipinski definition) is 8. The number of alkyl halides is 1. The van der Waals surface area contributed by atoms with E-state index < -0.39 is 23.3 Å². The number of anilines is 2. The third-order valence-electron chi connectivity index (χ3n) is 10.2. The Kier molecular flexibility index (Phi) is 7.75. The van der Waals surface area contributed by atoms with Gasteiger partial charge in [0.2, 0.25) is 11.6 Å². The molecule has 4 atom stereocenters. The van der Waals surface area contributed by atoms with E-state index in [2.05, 4.69) is 21.3 Å². The molecular formula is C34H34F3N7O2S. The van der Waals surface area contributed by atoms with Crippen LogP contribution < -0.4 is 15.4 Å². The van der Waals surface area contributed by atoms with Crippen molar-refractivity contribution in [3.63, 3.8) is 0 Å². The lowest BCUT2D eigenvalue weighted by molar-refractivity contribution is -0.126. The van der Waals surface area contributed by atoms with E-state index in [9.17, 15) is 13.6 Å². The Bertz CT molecular complexity index is 1980. The zero-order valence-electron chi connectivity index (χ0n) is 26.1. The summed E-state index contributed by atoms with van der Waals surface area (Å²) in [6.07, 6.45) is 3.08. The summed E-state index contributed by atoms with van der Waals surface area (Å²) in [6.45, 7) is 15.1. The minimum absolute atomic E-state index is 0.0142. The van der Waals surface area contributed by atoms with Crippen molar-refractivity contribution in [1.29, 1.82) is 0 Å². The molecule has 3 aliphatic rings. The van der Waals surface area contributed by atoms with Crippen LogP contribution >= 0.6 is 11.3 Å². The fraction of sp³-hybridized carbons (Fsp3) is 0.412. The Hall–Kier alpha value is -4.41. The highest BCUT2D eigenvalue weighted by atomic mass is 32.1. The second-order valence-corrected chi connectivity index (χ2v) is 13.7. The van der Waals surface area contributed by atoms with Crippen LogP contribution in [0.3, 0.4) is 0 Å². The van der Waals surface area contributed by atoms with Crippen LogP contribution in [0.1, 0.15) is 32.6 Å². The summed E-state index contributed by atoms with van der Waals surface area (Å²) < 4.78 is 52.6. The van der Waals surface area contributed by atoms with Gasteiger partial charge in [-0.05, 0) is 56.5 Å². The lowest BCUT2D eigenvalue weighted by Gasteiger charge is -2.33. The van der Waals surface area contributed by atoms with E-state index in [1.807, 2.05) is 18.9 Å². The van der Waals surface area contributed by atoms with E-state index in [-0.39, 0.29) is 62.5 Å². The molecule has 0 unspecified atom stereocenters. The highest BCUT2D eigenvalue weighted by molar-refractivity contribution is 7.23. The maximum absolute atomic E-state index is 16.8. The van der Waals surface area contributed by atoms with E-state index >= 15 is 4.39 Å². The van der Waals surface area contributed by atoms with Crippen molar-refractivity contribution in [1.82, 2.24) is 19.8 Å². The molecule has 2 aromatic carbocycles. The van der Waals surface area contributed by atoms with Gasteiger partial charge < -0.3 is 20.3 Å². The number of carbonyl (C=O) groups excluding carboxylic acids is 1. The number of fused-ring (bicyclic) bond motifs is 3. The quantitative estimate of drug-likeness (QED) is 0.179. The van der Waals surface area contributed by atoms with Gasteiger partial charge in [-0.2, -0.15) is 9.97 Å². The fourth-order valence-corrected chi connectivity index (χ4v) is 8.79. The van der Waals surface area contributed by atoms with Crippen molar-refractivity contribution in [3.8, 4) is 17.1 Å². The number of benzene rings is 2. The van der Waals surface area contributed by atoms with Gasteiger partial charge in [0.15, 0.2) is 5.82 Å². The molecule has 2 aromatic heterocycles. The first-order chi connectivity index (χ1) is 22.6. The predicted molar refractivity (Wildman–Crippen MR) is 178 cm³/mol. The lowest BCUT2D eigenvalue weighted by Crippen LogP contribution is -2.44. The Morgan fingerprint density at radius 3 is 2.83 bits per heavy atom. The summed E-state index contributed by atoms with van der Waals surface area (Å²) in [4.78, 5) is 31.2. The molecule has 5 heterocycles. The molecule has 3 fully saturated rings. The first-order valence-electron chi connectivity index (χ1n) is 15.6. The van der Waals surface area contributed by atoms with Gasteiger partial charge in [-0.3, -0.25) is 9.69 Å². The van der Waals surface area contributed by atoms with Crippen LogP contribution in [0.2, 0.25) is 0 Å². The van der Waals surface area contributed by atoms with Crippen LogP contribution in [-0.4, -0.2) is 82.8 Å². The number of nitrogens with zero attached hydrogens (tertiary/aromatic N) is 6. The number of nitrogen functional groups attached to an aromatic ring is 1. The number of aromatic nitrogens is 2. The number of amides is 1. The zero-order chi connectivity index (χ0) is 33.2. The zero-order valence-corrected chi connectivity index (χ0v) is 26.9. The Morgan fingerprint density at radius 1 is 1.28 bits per heavy atom. The maximum atomic E-state index is 16.8. The highest BCUT2D eigenvalue weighted by Gasteiger charge is 2.49. The number of thiophene rings is 1. The molecule has 3 saturated heterocycles. The average Bonchev–Trinajstić information content (AvgIpc) is 3.80. The predicted octanol–water partition coefficient (Wildman–Crippen LogP) is 6.49. The molecule has 3 aliphatic heterocycles. The van der Waals surface area contributed by atoms with Gasteiger partial charge in [0.25, 0.3) is 0 Å². The number of likely N-dealkylation sites (tertiary alicyclic amines) is 1. The van der Waals surface area contributed by atoms with Crippen molar-refractivity contribution >= 4 is 54.7 Å². The van der Waals surface area contributed by atoms with E-state index in [0.717, 1.165) is 30.7 Å². The minimum atomic E-state index is -0.942. The molecule has 0 radical (unpaired) electrons. The molecule has 4 aromatic rings. The van der Waals surface area contributed by atoms with Gasteiger partial charge in [-0.1, -0.05) is 18.7 Å². The van der Waals surface area contributed by atoms with Gasteiger partial charge >= 0.3 is 6.01 Å². The third kappa shape index (κ3) is 4.96. The van der Waals surface area contributed by atoms with E-state index in [0.29, 0.717) is 42.7 Å². The van der Waals surface area contributed by atoms with E-state index in [4.69, 9.17) is 22.0 Å². The van der Waals surface area contributed by atoms with E-state index in [1.54, 1.807) is 17.0 Å². The number of nitrogens with two attached hydrogens (primary N) is 1. The lowest BCUT2D eigenvalue weighted by atomic mass is 9.95. The van der Waals surface area contributed by atoms with Gasteiger partial charge in [-0.15, -0.1) is 11.3 Å². The van der Waals surface area contributed by atoms with Gasteiger partial charge in [0, 0.05) is 48.9 Å². The number of hydrogen-bond donors (Lipinski definition) is 1. The fourth-order valence-electron chi connectivity index (χ4n) is 7.85. The molecular weight excluding hydrogens is 627 g/mol. The van der Waals surface area contributed by atoms with Crippen molar-refractivity contribution in [2.75, 3.05) is 43.9 Å². The molecule has 0 aliphatic carbocycles. The second-order valence-electron chi connectivity index (χ2n) is 12.7. The molecule has 13 heteroatoms. The number of rotatable bonds is 7. The van der Waals surface area contributed by atoms with Crippen LogP contribution in [-0.2, 0) is 4.79 Å². The monoisotopic (exact) mass is 661 g/mol. The van der Waals surface area contributed by atoms with Crippen molar-refractivity contribution < 1.29 is 22.7 Å². The summed E-state index contributed by atoms with van der Waals surface area (Å²) in [5.74, 6) is -0.981. The number of likely N-dealkylation sites (N-methyl/N-ethyl adjacent to an activating group) is 1. The molecule has 2 N–H and O–H groups in total. The smallest absolute Gasteiger partial charge is 0.319 e. The van der Waals surface area contributed by atoms with Crippen molar-refractivity contribution in [2.45, 2.75) is 56.4 Å². The summed E-state index contributed by atoms with van der Waals surface area (Å²) in [7, 11) is 1.85. The summed E-state index contributed by atoms with van der Waals surface area (Å²) in [6, 6.07) is 5.59. The maximum Gasteiger partial charge on any atom is 0.319 e. The van der Waals surface area contributed by atoms with Crippen LogP contribution in [0.4, 0.5) is 29.7 Å². The molecule has 0 saturated carbocycles. The largest absolute Gasteiger partial charge is 0.461 e. The Labute approximate surface area is 274 Å². The number of ether oxygens (including phenoxy) is 1. The number of carbonyl (C=O) groups is 1. The van der Waals surface area contributed by atoms with E-state index in [1.165, 1.54) is 18.2 Å². The van der Waals surface area contributed by atoms with Crippen LogP contribution in [0, 0.1) is 18.2 Å². The SMILES string of the molecule is [C-]#[N+]c1c(N)sc2c(F)ccc(-c3ccc4c(N(C)[C@@H]5CCN(C(=O)C=C)[C@@H]5C)nc(OC[C@@]56CCCN5C[C@H](F)C6)nc4c3F)c12. The van der Waals surface area contributed by atoms with Crippen molar-refractivity contribution in [3.05, 3.63) is 60.0 Å². The highest BCUT2D eigenvalue weighted by Crippen LogP contribution is 2.48. The van der Waals surface area contributed by atoms with Crippen molar-refractivity contribution in [2.24, 2.45) is 0 Å². The standard InChI is InChI=1S/C34H34F3N7O2S/c1-5-25(45)44-14-11-24(18(44)2)42(4)32-22-8-7-21(20-9-10-23(36)30-26(20)29(39-3)31(38)47-30)27(37)28(22)40-33(41-32)46-17-34-12-6-13-43(34)16-19(35)15-34/h5,7-10,18-19,24H,1,6,11-17,38H2,2,4H3/t18-,19-,24-,34+/m1/s1. The summed E-state index contributed by atoms with van der Waals surface area (Å²) >= 11 is 0.950. The third-order valence-corrected chi connectivity index (χ3v) is 11.2. The van der Waals surface area contributed by atoms with Crippen LogP contribution in [0.25, 0.3) is 37.0 Å². The number of halogens is 3. The summed E-state index contributed by atoms with van der Waals surface area (Å²) in [5.41, 5.74) is 6.10. The second kappa shape index (κ2) is 11.7. The molecule has 47 heavy (non-hydrogen) atoms. The molecule has 244 valence electrons. The molecule has 0 spiro atoms. The first kappa shape index (κ1) is 31.2. The topological polar surface area (TPSA) is 92.2 Å². The molecule has 0 bridgehead atoms. The minimum Gasteiger partial charge on any atom is -0.461 e. The average molecular weight is 662 g/mol. The normalized spacial score (nSPS) is 24.2. The van der Waals surface area contributed by atoms with Crippen LogP contribution in [0.5, 0.6) is 6.01 Å². The first-order valence-corrected chi connectivity index (χ1v) is 16.4. The Morgan fingerprint density at radius 2 is 2.06 bits per heavy atom.